The molecule has 216 valence electrons. The monoisotopic (exact) mass is 547 g/mol. The van der Waals surface area contributed by atoms with Crippen molar-refractivity contribution < 1.29 is 19.1 Å². The number of hydrogen-bond acceptors (Lipinski definition) is 5. The highest BCUT2D eigenvalue weighted by atomic mass is 16.6. The van der Waals surface area contributed by atoms with Crippen molar-refractivity contribution in [1.29, 1.82) is 0 Å². The van der Waals surface area contributed by atoms with E-state index in [9.17, 15) is 9.59 Å². The number of likely N-dealkylation sites (tertiary alicyclic amines) is 3. The topological polar surface area (TPSA) is 62.3 Å². The number of amides is 2. The van der Waals surface area contributed by atoms with Gasteiger partial charge in [0, 0.05) is 31.1 Å². The standard InChI is InChI=1S/C33H45N3O4/c1-33(2,3)40-32(38)35-21-9-5-8-14-29-30(35)28(25-12-6-4-7-13-25)24-36(29)31(37)26-15-17-27(18-16-26)39-23-22-34-19-10-11-20-34/h4,6-7,12-13,15-18,28-30H,5,8-11,14,19-24H2,1-3H3/t28-,29-,30-/m0/s1. The van der Waals surface area contributed by atoms with Crippen LogP contribution in [0.3, 0.4) is 0 Å². The van der Waals surface area contributed by atoms with E-state index in [1.807, 2.05) is 73.0 Å². The molecule has 0 saturated carbocycles. The van der Waals surface area contributed by atoms with Crippen molar-refractivity contribution in [1.82, 2.24) is 14.7 Å². The minimum Gasteiger partial charge on any atom is -0.492 e. The number of carbonyl (C=O) groups is 2. The number of fused-ring (bicyclic) bond motifs is 1. The molecule has 5 rings (SSSR count). The lowest BCUT2D eigenvalue weighted by Gasteiger charge is -2.39. The number of ether oxygens (including phenoxy) is 2. The molecule has 0 bridgehead atoms. The van der Waals surface area contributed by atoms with E-state index in [4.69, 9.17) is 9.47 Å². The van der Waals surface area contributed by atoms with Crippen molar-refractivity contribution in [2.75, 3.05) is 39.3 Å². The molecule has 3 saturated heterocycles. The maximum absolute atomic E-state index is 14.0. The molecule has 7 heteroatoms. The van der Waals surface area contributed by atoms with Crippen molar-refractivity contribution in [3.05, 3.63) is 65.7 Å². The summed E-state index contributed by atoms with van der Waals surface area (Å²) in [5.74, 6) is 0.829. The van der Waals surface area contributed by atoms with E-state index in [0.717, 1.165) is 56.6 Å². The van der Waals surface area contributed by atoms with Gasteiger partial charge in [0.25, 0.3) is 5.91 Å². The molecule has 2 amide bonds. The van der Waals surface area contributed by atoms with E-state index in [1.54, 1.807) is 0 Å². The molecular formula is C33H45N3O4. The van der Waals surface area contributed by atoms with Gasteiger partial charge < -0.3 is 19.3 Å². The minimum atomic E-state index is -0.580. The van der Waals surface area contributed by atoms with E-state index in [2.05, 4.69) is 17.0 Å². The molecule has 0 N–H and O–H groups in total. The second-order valence-electron chi connectivity index (χ2n) is 12.5. The van der Waals surface area contributed by atoms with Crippen LogP contribution in [-0.4, -0.2) is 83.7 Å². The zero-order valence-corrected chi connectivity index (χ0v) is 24.4. The Bertz CT molecular complexity index is 1120. The van der Waals surface area contributed by atoms with Crippen LogP contribution in [0.15, 0.2) is 54.6 Å². The highest BCUT2D eigenvalue weighted by molar-refractivity contribution is 5.95. The second-order valence-corrected chi connectivity index (χ2v) is 12.5. The van der Waals surface area contributed by atoms with Gasteiger partial charge in [0.1, 0.15) is 18.0 Å². The first kappa shape index (κ1) is 28.5. The van der Waals surface area contributed by atoms with Gasteiger partial charge in [-0.2, -0.15) is 0 Å². The van der Waals surface area contributed by atoms with Crippen molar-refractivity contribution in [2.24, 2.45) is 0 Å². The van der Waals surface area contributed by atoms with Crippen molar-refractivity contribution >= 4 is 12.0 Å². The first-order valence-electron chi connectivity index (χ1n) is 15.1. The maximum Gasteiger partial charge on any atom is 0.410 e. The Hall–Kier alpha value is -3.06. The van der Waals surface area contributed by atoms with E-state index < -0.39 is 5.60 Å². The molecule has 0 radical (unpaired) electrons. The predicted molar refractivity (Wildman–Crippen MR) is 157 cm³/mol. The molecule has 0 aliphatic carbocycles. The third-order valence-electron chi connectivity index (χ3n) is 8.45. The van der Waals surface area contributed by atoms with Crippen molar-refractivity contribution in [3.63, 3.8) is 0 Å². The highest BCUT2D eigenvalue weighted by Crippen LogP contribution is 2.40. The van der Waals surface area contributed by atoms with Crippen molar-refractivity contribution in [3.8, 4) is 5.75 Å². The molecule has 3 aliphatic heterocycles. The second kappa shape index (κ2) is 12.6. The molecule has 7 nitrogen and oxygen atoms in total. The molecule has 3 heterocycles. The summed E-state index contributed by atoms with van der Waals surface area (Å²) in [5.41, 5.74) is 1.23. The number of hydrogen-bond donors (Lipinski definition) is 0. The van der Waals surface area contributed by atoms with Gasteiger partial charge in [0.15, 0.2) is 0 Å². The van der Waals surface area contributed by atoms with Crippen LogP contribution in [0.2, 0.25) is 0 Å². The number of carbonyl (C=O) groups excluding carboxylic acids is 2. The average molecular weight is 548 g/mol. The largest absolute Gasteiger partial charge is 0.492 e. The third-order valence-corrected chi connectivity index (χ3v) is 8.45. The van der Waals surface area contributed by atoms with Gasteiger partial charge in [-0.05, 0) is 89.4 Å². The van der Waals surface area contributed by atoms with Gasteiger partial charge in [-0.15, -0.1) is 0 Å². The Labute approximate surface area is 239 Å². The summed E-state index contributed by atoms with van der Waals surface area (Å²) in [6, 6.07) is 17.7. The molecule has 3 aliphatic rings. The van der Waals surface area contributed by atoms with Gasteiger partial charge >= 0.3 is 6.09 Å². The van der Waals surface area contributed by atoms with Crippen LogP contribution in [0, 0.1) is 0 Å². The Morgan fingerprint density at radius 2 is 1.55 bits per heavy atom. The van der Waals surface area contributed by atoms with Gasteiger partial charge in [-0.3, -0.25) is 9.69 Å². The van der Waals surface area contributed by atoms with Gasteiger partial charge in [-0.25, -0.2) is 4.79 Å². The molecule has 3 atom stereocenters. The molecular weight excluding hydrogens is 502 g/mol. The molecule has 0 spiro atoms. The van der Waals surface area contributed by atoms with E-state index in [0.29, 0.717) is 25.3 Å². The van der Waals surface area contributed by atoms with Crippen LogP contribution >= 0.6 is 0 Å². The number of nitrogens with zero attached hydrogens (tertiary/aromatic N) is 3. The fourth-order valence-electron chi connectivity index (χ4n) is 6.55. The van der Waals surface area contributed by atoms with E-state index in [-0.39, 0.29) is 30.0 Å². The lowest BCUT2D eigenvalue weighted by Crippen LogP contribution is -2.52. The Morgan fingerprint density at radius 3 is 2.25 bits per heavy atom. The van der Waals surface area contributed by atoms with Crippen LogP contribution < -0.4 is 4.74 Å². The fraction of sp³-hybridized carbons (Fsp3) is 0.576. The van der Waals surface area contributed by atoms with Crippen LogP contribution in [0.25, 0.3) is 0 Å². The molecule has 0 aromatic heterocycles. The lowest BCUT2D eigenvalue weighted by molar-refractivity contribution is 0.00750. The van der Waals surface area contributed by atoms with Crippen molar-refractivity contribution in [2.45, 2.75) is 82.9 Å². The van der Waals surface area contributed by atoms with Crippen LogP contribution in [0.1, 0.15) is 81.1 Å². The fourth-order valence-corrected chi connectivity index (χ4v) is 6.55. The van der Waals surface area contributed by atoms with Crippen LogP contribution in [-0.2, 0) is 4.74 Å². The number of rotatable bonds is 6. The van der Waals surface area contributed by atoms with Crippen LogP contribution in [0.4, 0.5) is 4.79 Å². The molecule has 0 unspecified atom stereocenters. The first-order valence-corrected chi connectivity index (χ1v) is 15.1. The summed E-state index contributed by atoms with van der Waals surface area (Å²) in [6.07, 6.45) is 6.15. The quantitative estimate of drug-likeness (QED) is 0.447. The Morgan fingerprint density at radius 1 is 0.850 bits per heavy atom. The normalized spacial score (nSPS) is 23.8. The Kier molecular flexibility index (Phi) is 8.99. The van der Waals surface area contributed by atoms with E-state index in [1.165, 1.54) is 12.8 Å². The van der Waals surface area contributed by atoms with E-state index >= 15 is 0 Å². The number of benzene rings is 2. The Balaban J connectivity index is 1.36. The summed E-state index contributed by atoms with van der Waals surface area (Å²) in [6.45, 7) is 10.8. The lowest BCUT2D eigenvalue weighted by atomic mass is 9.87. The summed E-state index contributed by atoms with van der Waals surface area (Å²) in [5, 5.41) is 0. The molecule has 3 fully saturated rings. The summed E-state index contributed by atoms with van der Waals surface area (Å²) in [7, 11) is 0. The first-order chi connectivity index (χ1) is 19.3. The molecule has 2 aromatic carbocycles. The smallest absolute Gasteiger partial charge is 0.410 e. The van der Waals surface area contributed by atoms with Gasteiger partial charge in [-0.1, -0.05) is 43.2 Å². The zero-order valence-electron chi connectivity index (χ0n) is 24.4. The minimum absolute atomic E-state index is 0.0155. The van der Waals surface area contributed by atoms with Crippen LogP contribution in [0.5, 0.6) is 5.75 Å². The maximum atomic E-state index is 14.0. The highest BCUT2D eigenvalue weighted by Gasteiger charge is 2.49. The predicted octanol–water partition coefficient (Wildman–Crippen LogP) is 5.95. The van der Waals surface area contributed by atoms with Gasteiger partial charge in [0.2, 0.25) is 0 Å². The molecule has 2 aromatic rings. The third kappa shape index (κ3) is 6.80. The zero-order chi connectivity index (χ0) is 28.1. The molecule has 40 heavy (non-hydrogen) atoms. The summed E-state index contributed by atoms with van der Waals surface area (Å²) < 4.78 is 11.9. The summed E-state index contributed by atoms with van der Waals surface area (Å²) >= 11 is 0. The summed E-state index contributed by atoms with van der Waals surface area (Å²) in [4.78, 5) is 33.9. The van der Waals surface area contributed by atoms with Gasteiger partial charge in [0.05, 0.1) is 12.1 Å². The average Bonchev–Trinajstić information content (AvgIpc) is 3.56. The SMILES string of the molecule is CC(C)(C)OC(=O)N1CCCCC[C@H]2[C@@H]1[C@H](c1ccccc1)CN2C(=O)c1ccc(OCCN2CCCC2)cc1.